The Balaban J connectivity index is 2.08. The van der Waals surface area contributed by atoms with E-state index in [1.807, 2.05) is 26.2 Å². The highest BCUT2D eigenvalue weighted by Gasteiger charge is 2.40. The summed E-state index contributed by atoms with van der Waals surface area (Å²) in [5.74, 6) is 0.475. The van der Waals surface area contributed by atoms with E-state index in [-0.39, 0.29) is 5.54 Å². The van der Waals surface area contributed by atoms with Crippen molar-refractivity contribution < 1.29 is 8.42 Å². The summed E-state index contributed by atoms with van der Waals surface area (Å²) in [6.45, 7) is 7.56. The predicted molar refractivity (Wildman–Crippen MR) is 78.8 cm³/mol. The molecule has 0 aliphatic heterocycles. The molecular formula is C13H22N2O2S2. The van der Waals surface area contributed by atoms with Crippen molar-refractivity contribution in [1.82, 2.24) is 10.0 Å². The van der Waals surface area contributed by atoms with Crippen molar-refractivity contribution in [2.24, 2.45) is 5.92 Å². The van der Waals surface area contributed by atoms with Crippen LogP contribution in [0.15, 0.2) is 15.7 Å². The van der Waals surface area contributed by atoms with E-state index < -0.39 is 10.0 Å². The van der Waals surface area contributed by atoms with Crippen LogP contribution < -0.4 is 10.0 Å². The zero-order valence-electron chi connectivity index (χ0n) is 11.7. The lowest BCUT2D eigenvalue weighted by molar-refractivity contribution is 0.401. The largest absolute Gasteiger partial charge is 0.313 e. The van der Waals surface area contributed by atoms with Crippen molar-refractivity contribution in [3.05, 3.63) is 17.0 Å². The summed E-state index contributed by atoms with van der Waals surface area (Å²) < 4.78 is 27.9. The van der Waals surface area contributed by atoms with Gasteiger partial charge in [0.05, 0.1) is 0 Å². The Labute approximate surface area is 119 Å². The molecule has 0 aromatic carbocycles. The van der Waals surface area contributed by atoms with Gasteiger partial charge in [-0.2, -0.15) is 0 Å². The van der Waals surface area contributed by atoms with Crippen LogP contribution in [0.1, 0.15) is 39.2 Å². The molecule has 0 spiro atoms. The molecular weight excluding hydrogens is 280 g/mol. The third kappa shape index (κ3) is 3.78. The normalized spacial score (nSPS) is 16.8. The lowest BCUT2D eigenvalue weighted by atomic mass is 10.0. The third-order valence-corrected chi connectivity index (χ3v) is 6.63. The number of nitrogens with one attached hydrogen (secondary N) is 2. The van der Waals surface area contributed by atoms with Gasteiger partial charge in [-0.15, -0.1) is 11.3 Å². The van der Waals surface area contributed by atoms with Crippen LogP contribution in [0.5, 0.6) is 0 Å². The van der Waals surface area contributed by atoms with E-state index in [0.717, 1.165) is 24.9 Å². The number of thiophene rings is 1. The van der Waals surface area contributed by atoms with Crippen LogP contribution in [-0.4, -0.2) is 20.5 Å². The Kier molecular flexibility index (Phi) is 4.35. The minimum Gasteiger partial charge on any atom is -0.313 e. The molecule has 1 fully saturated rings. The van der Waals surface area contributed by atoms with Crippen molar-refractivity contribution in [1.29, 1.82) is 0 Å². The highest BCUT2D eigenvalue weighted by molar-refractivity contribution is 7.91. The van der Waals surface area contributed by atoms with Crippen LogP contribution in [0.25, 0.3) is 0 Å². The second-order valence-electron chi connectivity index (χ2n) is 5.66. The monoisotopic (exact) mass is 302 g/mol. The van der Waals surface area contributed by atoms with E-state index in [1.54, 1.807) is 6.07 Å². The van der Waals surface area contributed by atoms with E-state index >= 15 is 0 Å². The van der Waals surface area contributed by atoms with Crippen LogP contribution in [0, 0.1) is 5.92 Å². The van der Waals surface area contributed by atoms with E-state index in [4.69, 9.17) is 0 Å². The summed E-state index contributed by atoms with van der Waals surface area (Å²) >= 11 is 1.29. The van der Waals surface area contributed by atoms with Crippen LogP contribution in [-0.2, 0) is 16.6 Å². The first-order valence-corrected chi connectivity index (χ1v) is 9.03. The first kappa shape index (κ1) is 15.0. The quantitative estimate of drug-likeness (QED) is 0.812. The molecule has 4 nitrogen and oxygen atoms in total. The molecule has 1 heterocycles. The fourth-order valence-electron chi connectivity index (χ4n) is 2.14. The second kappa shape index (κ2) is 5.52. The molecule has 2 N–H and O–H groups in total. The SMILES string of the molecule is CCNCc1csc(S(=O)(=O)NC(C)(C)C2CC2)c1. The molecule has 108 valence electrons. The summed E-state index contributed by atoms with van der Waals surface area (Å²) in [6.07, 6.45) is 2.23. The summed E-state index contributed by atoms with van der Waals surface area (Å²) in [5, 5.41) is 5.10. The van der Waals surface area contributed by atoms with Crippen LogP contribution in [0.2, 0.25) is 0 Å². The average Bonchev–Trinajstić information content (AvgIpc) is 3.05. The second-order valence-corrected chi connectivity index (χ2v) is 8.48. The molecule has 6 heteroatoms. The van der Waals surface area contributed by atoms with Crippen molar-refractivity contribution in [2.75, 3.05) is 6.54 Å². The molecule has 1 aromatic rings. The summed E-state index contributed by atoms with van der Waals surface area (Å²) in [7, 11) is -3.39. The highest BCUT2D eigenvalue weighted by atomic mass is 32.2. The maximum atomic E-state index is 12.3. The van der Waals surface area contributed by atoms with Gasteiger partial charge in [0.2, 0.25) is 0 Å². The molecule has 1 aliphatic rings. The number of sulfonamides is 1. The minimum atomic E-state index is -3.39. The van der Waals surface area contributed by atoms with Gasteiger partial charge in [-0.3, -0.25) is 0 Å². The Hall–Kier alpha value is -0.430. The zero-order valence-corrected chi connectivity index (χ0v) is 13.3. The molecule has 0 bridgehead atoms. The Morgan fingerprint density at radius 2 is 2.11 bits per heavy atom. The fraction of sp³-hybridized carbons (Fsp3) is 0.692. The van der Waals surface area contributed by atoms with Crippen LogP contribution >= 0.6 is 11.3 Å². The van der Waals surface area contributed by atoms with E-state index in [1.165, 1.54) is 11.3 Å². The van der Waals surface area contributed by atoms with Crippen LogP contribution in [0.3, 0.4) is 0 Å². The van der Waals surface area contributed by atoms with Gasteiger partial charge < -0.3 is 5.32 Å². The van der Waals surface area contributed by atoms with Crippen LogP contribution in [0.4, 0.5) is 0 Å². The van der Waals surface area contributed by atoms with Gasteiger partial charge in [-0.25, -0.2) is 13.1 Å². The number of hydrogen-bond donors (Lipinski definition) is 2. The predicted octanol–water partition coefficient (Wildman–Crippen LogP) is 2.32. The molecule has 1 aromatic heterocycles. The molecule has 0 unspecified atom stereocenters. The molecule has 0 atom stereocenters. The van der Waals surface area contributed by atoms with E-state index in [0.29, 0.717) is 16.7 Å². The molecule has 1 saturated carbocycles. The summed E-state index contributed by atoms with van der Waals surface area (Å²) in [5.41, 5.74) is 0.682. The standard InChI is InChI=1S/C13H22N2O2S2/c1-4-14-8-10-7-12(18-9-10)19(16,17)15-13(2,3)11-5-6-11/h7,9,11,14-15H,4-6,8H2,1-3H3. The van der Waals surface area contributed by atoms with Crippen molar-refractivity contribution in [2.45, 2.75) is 49.9 Å². The lowest BCUT2D eigenvalue weighted by Crippen LogP contribution is -2.44. The van der Waals surface area contributed by atoms with Gasteiger partial charge in [-0.1, -0.05) is 6.92 Å². The molecule has 0 radical (unpaired) electrons. The first-order valence-electron chi connectivity index (χ1n) is 6.67. The highest BCUT2D eigenvalue weighted by Crippen LogP contribution is 2.40. The van der Waals surface area contributed by atoms with E-state index in [2.05, 4.69) is 10.0 Å². The number of hydrogen-bond acceptors (Lipinski definition) is 4. The molecule has 0 saturated heterocycles. The summed E-state index contributed by atoms with van der Waals surface area (Å²) in [6, 6.07) is 1.76. The third-order valence-electron chi connectivity index (χ3n) is 3.47. The minimum absolute atomic E-state index is 0.343. The molecule has 0 amide bonds. The first-order chi connectivity index (χ1) is 8.85. The van der Waals surface area contributed by atoms with Crippen molar-refractivity contribution in [3.8, 4) is 0 Å². The van der Waals surface area contributed by atoms with Gasteiger partial charge in [-0.05, 0) is 56.2 Å². The van der Waals surface area contributed by atoms with Gasteiger partial charge in [0.15, 0.2) is 0 Å². The lowest BCUT2D eigenvalue weighted by Gasteiger charge is -2.25. The smallest absolute Gasteiger partial charge is 0.250 e. The van der Waals surface area contributed by atoms with Gasteiger partial charge in [0.25, 0.3) is 10.0 Å². The summed E-state index contributed by atoms with van der Waals surface area (Å²) in [4.78, 5) is 0. The molecule has 19 heavy (non-hydrogen) atoms. The van der Waals surface area contributed by atoms with E-state index in [9.17, 15) is 8.42 Å². The van der Waals surface area contributed by atoms with Gasteiger partial charge >= 0.3 is 0 Å². The Morgan fingerprint density at radius 3 is 2.68 bits per heavy atom. The van der Waals surface area contributed by atoms with Crippen molar-refractivity contribution >= 4 is 21.4 Å². The van der Waals surface area contributed by atoms with Gasteiger partial charge in [0.1, 0.15) is 4.21 Å². The van der Waals surface area contributed by atoms with Crippen molar-refractivity contribution in [3.63, 3.8) is 0 Å². The fourth-order valence-corrected chi connectivity index (χ4v) is 4.82. The topological polar surface area (TPSA) is 58.2 Å². The maximum Gasteiger partial charge on any atom is 0.250 e. The Bertz CT molecular complexity index is 531. The maximum absolute atomic E-state index is 12.3. The average molecular weight is 302 g/mol. The van der Waals surface area contributed by atoms with Gasteiger partial charge in [0, 0.05) is 12.1 Å². The molecule has 1 aliphatic carbocycles. The molecule has 2 rings (SSSR count). The Morgan fingerprint density at radius 1 is 1.42 bits per heavy atom. The zero-order chi connectivity index (χ0) is 14.1. The number of rotatable bonds is 7.